The number of nitrogens with zero attached hydrogens (tertiary/aromatic N) is 1. The second-order valence-electron chi connectivity index (χ2n) is 5.01. The minimum atomic E-state index is -0.132. The zero-order valence-corrected chi connectivity index (χ0v) is 12.6. The predicted molar refractivity (Wildman–Crippen MR) is 85.4 cm³/mol. The summed E-state index contributed by atoms with van der Waals surface area (Å²) < 4.78 is 0. The lowest BCUT2D eigenvalue weighted by Gasteiger charge is -2.10. The Balaban J connectivity index is 1.85. The van der Waals surface area contributed by atoms with Gasteiger partial charge in [-0.2, -0.15) is 0 Å². The highest BCUT2D eigenvalue weighted by atomic mass is 32.1. The van der Waals surface area contributed by atoms with Gasteiger partial charge in [-0.15, -0.1) is 11.3 Å². The van der Waals surface area contributed by atoms with E-state index in [4.69, 9.17) is 5.73 Å². The van der Waals surface area contributed by atoms with Gasteiger partial charge in [0.1, 0.15) is 5.01 Å². The monoisotopic (exact) mass is 300 g/mol. The van der Waals surface area contributed by atoms with Crippen LogP contribution >= 0.6 is 11.3 Å². The zero-order valence-electron chi connectivity index (χ0n) is 11.8. The lowest BCUT2D eigenvalue weighted by Crippen LogP contribution is -2.26. The minimum absolute atomic E-state index is 0.123. The van der Waals surface area contributed by atoms with Gasteiger partial charge in [0.05, 0.1) is 11.6 Å². The molecule has 108 valence electrons. The number of aromatic nitrogens is 2. The van der Waals surface area contributed by atoms with Crippen LogP contribution in [0.5, 0.6) is 0 Å². The number of fused-ring (bicyclic) bond motifs is 1. The largest absolute Gasteiger partial charge is 0.399 e. The summed E-state index contributed by atoms with van der Waals surface area (Å²) in [6.07, 6.45) is 3.52. The molecule has 1 aromatic carbocycles. The Morgan fingerprint density at radius 1 is 1.48 bits per heavy atom. The molecule has 1 unspecified atom stereocenters. The van der Waals surface area contributed by atoms with E-state index in [0.29, 0.717) is 11.3 Å². The fourth-order valence-electron chi connectivity index (χ4n) is 2.23. The van der Waals surface area contributed by atoms with Gasteiger partial charge in [-0.25, -0.2) is 4.98 Å². The number of hydrogen-bond donors (Lipinski definition) is 3. The van der Waals surface area contributed by atoms with E-state index in [1.807, 2.05) is 32.2 Å². The van der Waals surface area contributed by atoms with Crippen LogP contribution in [0.3, 0.4) is 0 Å². The number of rotatable bonds is 3. The summed E-state index contributed by atoms with van der Waals surface area (Å²) in [5, 5.41) is 4.70. The maximum absolute atomic E-state index is 12.4. The number of hydrogen-bond acceptors (Lipinski definition) is 4. The Hall–Kier alpha value is -2.34. The van der Waals surface area contributed by atoms with E-state index >= 15 is 0 Å². The Morgan fingerprint density at radius 3 is 3.00 bits per heavy atom. The van der Waals surface area contributed by atoms with Crippen LogP contribution in [0.4, 0.5) is 5.69 Å². The minimum Gasteiger partial charge on any atom is -0.399 e. The number of nitrogens with two attached hydrogens (primary N) is 1. The van der Waals surface area contributed by atoms with E-state index in [1.165, 1.54) is 0 Å². The fourth-order valence-corrected chi connectivity index (χ4v) is 3.01. The van der Waals surface area contributed by atoms with Crippen LogP contribution in [0.1, 0.15) is 33.2 Å². The van der Waals surface area contributed by atoms with Crippen LogP contribution in [0.25, 0.3) is 10.9 Å². The van der Waals surface area contributed by atoms with Gasteiger partial charge in [-0.05, 0) is 32.0 Å². The number of thiazole rings is 1. The summed E-state index contributed by atoms with van der Waals surface area (Å²) in [4.78, 5) is 20.9. The number of aryl methyl sites for hydroxylation is 1. The number of anilines is 1. The second kappa shape index (κ2) is 5.21. The van der Waals surface area contributed by atoms with E-state index in [0.717, 1.165) is 20.8 Å². The average molecular weight is 300 g/mol. The van der Waals surface area contributed by atoms with Crippen molar-refractivity contribution < 1.29 is 4.79 Å². The van der Waals surface area contributed by atoms with Gasteiger partial charge in [-0.3, -0.25) is 4.79 Å². The van der Waals surface area contributed by atoms with Crippen molar-refractivity contribution in [1.29, 1.82) is 0 Å². The van der Waals surface area contributed by atoms with E-state index in [2.05, 4.69) is 15.3 Å². The molecule has 3 rings (SSSR count). The smallest absolute Gasteiger partial charge is 0.254 e. The fraction of sp³-hybridized carbons (Fsp3) is 0.200. The third-order valence-corrected chi connectivity index (χ3v) is 4.40. The first-order valence-corrected chi connectivity index (χ1v) is 7.46. The van der Waals surface area contributed by atoms with E-state index in [1.54, 1.807) is 23.6 Å². The van der Waals surface area contributed by atoms with Crippen LogP contribution in [-0.2, 0) is 0 Å². The zero-order chi connectivity index (χ0) is 15.0. The third-order valence-electron chi connectivity index (χ3n) is 3.31. The highest BCUT2D eigenvalue weighted by molar-refractivity contribution is 7.11. The number of carbonyl (C=O) groups excluding carboxylic acids is 1. The Labute approximate surface area is 126 Å². The van der Waals surface area contributed by atoms with Crippen LogP contribution in [0.2, 0.25) is 0 Å². The van der Waals surface area contributed by atoms with Crippen LogP contribution in [0, 0.1) is 6.92 Å². The number of carbonyl (C=O) groups is 1. The maximum atomic E-state index is 12.4. The molecule has 21 heavy (non-hydrogen) atoms. The standard InChI is InChI=1S/C15H16N4OS/c1-8-6-18-15(21-8)9(2)19-14(20)12-7-17-13-4-3-10(16)5-11(12)13/h3-7,9,17H,16H2,1-2H3,(H,19,20). The molecule has 6 heteroatoms. The van der Waals surface area contributed by atoms with Crippen molar-refractivity contribution in [1.82, 2.24) is 15.3 Å². The molecule has 3 aromatic rings. The molecular weight excluding hydrogens is 284 g/mol. The average Bonchev–Trinajstić information content (AvgIpc) is 3.04. The number of H-pyrrole nitrogens is 1. The SMILES string of the molecule is Cc1cnc(C(C)NC(=O)c2c[nH]c3ccc(N)cc23)s1. The Morgan fingerprint density at radius 2 is 2.29 bits per heavy atom. The quantitative estimate of drug-likeness (QED) is 0.650. The highest BCUT2D eigenvalue weighted by Crippen LogP contribution is 2.23. The summed E-state index contributed by atoms with van der Waals surface area (Å²) in [6.45, 7) is 3.93. The highest BCUT2D eigenvalue weighted by Gasteiger charge is 2.17. The molecule has 5 nitrogen and oxygen atoms in total. The summed E-state index contributed by atoms with van der Waals surface area (Å²) in [7, 11) is 0. The molecule has 2 aromatic heterocycles. The second-order valence-corrected chi connectivity index (χ2v) is 6.28. The van der Waals surface area contributed by atoms with E-state index in [-0.39, 0.29) is 11.9 Å². The Bertz CT molecular complexity index is 805. The van der Waals surface area contributed by atoms with E-state index < -0.39 is 0 Å². The molecule has 0 saturated carbocycles. The van der Waals surface area contributed by atoms with Crippen molar-refractivity contribution in [2.75, 3.05) is 5.73 Å². The molecule has 1 atom stereocenters. The molecule has 0 radical (unpaired) electrons. The number of nitrogens with one attached hydrogen (secondary N) is 2. The molecule has 0 bridgehead atoms. The van der Waals surface area contributed by atoms with Crippen LogP contribution in [0.15, 0.2) is 30.6 Å². The van der Waals surface area contributed by atoms with Crippen molar-refractivity contribution >= 4 is 33.8 Å². The van der Waals surface area contributed by atoms with Crippen molar-refractivity contribution in [3.05, 3.63) is 46.0 Å². The van der Waals surface area contributed by atoms with Gasteiger partial charge in [0.2, 0.25) is 0 Å². The van der Waals surface area contributed by atoms with Crippen molar-refractivity contribution in [3.63, 3.8) is 0 Å². The summed E-state index contributed by atoms with van der Waals surface area (Å²) >= 11 is 1.59. The summed E-state index contributed by atoms with van der Waals surface area (Å²) in [5.41, 5.74) is 7.92. The van der Waals surface area contributed by atoms with Gasteiger partial charge in [0.25, 0.3) is 5.91 Å². The molecule has 4 N–H and O–H groups in total. The van der Waals surface area contributed by atoms with Gasteiger partial charge in [-0.1, -0.05) is 0 Å². The van der Waals surface area contributed by atoms with E-state index in [9.17, 15) is 4.79 Å². The molecule has 0 spiro atoms. The van der Waals surface area contributed by atoms with Gasteiger partial charge >= 0.3 is 0 Å². The number of benzene rings is 1. The first kappa shape index (κ1) is 13.6. The summed E-state index contributed by atoms with van der Waals surface area (Å²) in [5.74, 6) is -0.132. The van der Waals surface area contributed by atoms with Crippen molar-refractivity contribution in [3.8, 4) is 0 Å². The molecular formula is C15H16N4OS. The molecule has 0 aliphatic rings. The van der Waals surface area contributed by atoms with Gasteiger partial charge in [0, 0.05) is 33.9 Å². The molecule has 1 amide bonds. The first-order chi connectivity index (χ1) is 10.0. The third kappa shape index (κ3) is 2.62. The topological polar surface area (TPSA) is 83.8 Å². The molecule has 0 aliphatic carbocycles. The number of nitrogen functional groups attached to an aromatic ring is 1. The van der Waals surface area contributed by atoms with Crippen molar-refractivity contribution in [2.45, 2.75) is 19.9 Å². The lowest BCUT2D eigenvalue weighted by molar-refractivity contribution is 0.0941. The normalized spacial score (nSPS) is 12.5. The summed E-state index contributed by atoms with van der Waals surface area (Å²) in [6, 6.07) is 5.36. The molecule has 0 saturated heterocycles. The molecule has 0 aliphatic heterocycles. The number of amides is 1. The predicted octanol–water partition coefficient (Wildman–Crippen LogP) is 3.01. The van der Waals surface area contributed by atoms with Gasteiger partial charge < -0.3 is 16.0 Å². The molecule has 2 heterocycles. The number of aromatic amines is 1. The lowest BCUT2D eigenvalue weighted by atomic mass is 10.1. The van der Waals surface area contributed by atoms with Crippen molar-refractivity contribution in [2.24, 2.45) is 0 Å². The van der Waals surface area contributed by atoms with Gasteiger partial charge in [0.15, 0.2) is 0 Å². The first-order valence-electron chi connectivity index (χ1n) is 6.64. The van der Waals surface area contributed by atoms with Crippen LogP contribution in [-0.4, -0.2) is 15.9 Å². The Kier molecular flexibility index (Phi) is 3.39. The van der Waals surface area contributed by atoms with Crippen LogP contribution < -0.4 is 11.1 Å². The molecule has 0 fully saturated rings. The maximum Gasteiger partial charge on any atom is 0.254 e.